The first-order chi connectivity index (χ1) is 11.3. The zero-order valence-corrected chi connectivity index (χ0v) is 14.3. The van der Waals surface area contributed by atoms with Crippen LogP contribution in [0.3, 0.4) is 0 Å². The van der Waals surface area contributed by atoms with Crippen molar-refractivity contribution in [3.05, 3.63) is 48.2 Å². The monoisotopic (exact) mass is 313 g/mol. The molecule has 1 heterocycles. The predicted molar refractivity (Wildman–Crippen MR) is 94.9 cm³/mol. The third-order valence-corrected chi connectivity index (χ3v) is 3.86. The van der Waals surface area contributed by atoms with Crippen LogP contribution in [-0.2, 0) is 11.2 Å². The second kappa shape index (κ2) is 10.0. The Morgan fingerprint density at radius 1 is 0.913 bits per heavy atom. The number of methoxy groups -OCH3 is 1. The molecule has 0 N–H and O–H groups in total. The molecule has 0 fully saturated rings. The number of nitrogens with zero attached hydrogens (tertiary/aromatic N) is 1. The van der Waals surface area contributed by atoms with E-state index in [0.29, 0.717) is 0 Å². The molecule has 0 saturated carbocycles. The summed E-state index contributed by atoms with van der Waals surface area (Å²) in [4.78, 5) is 4.56. The topological polar surface area (TPSA) is 31.4 Å². The highest BCUT2D eigenvalue weighted by Gasteiger charge is 2.01. The first-order valence-corrected chi connectivity index (χ1v) is 8.50. The number of hydrogen-bond acceptors (Lipinski definition) is 3. The zero-order valence-electron chi connectivity index (χ0n) is 14.3. The maximum Gasteiger partial charge on any atom is 0.118 e. The highest BCUT2D eigenvalue weighted by atomic mass is 16.5. The van der Waals surface area contributed by atoms with E-state index in [2.05, 4.69) is 24.0 Å². The van der Waals surface area contributed by atoms with Crippen molar-refractivity contribution in [2.24, 2.45) is 0 Å². The van der Waals surface area contributed by atoms with Gasteiger partial charge in [0.15, 0.2) is 0 Å². The fraction of sp³-hybridized carbons (Fsp3) is 0.450. The quantitative estimate of drug-likeness (QED) is 0.585. The normalized spacial score (nSPS) is 10.7. The Morgan fingerprint density at radius 2 is 1.70 bits per heavy atom. The molecule has 3 nitrogen and oxygen atoms in total. The number of aryl methyl sites for hydroxylation is 1. The lowest BCUT2D eigenvalue weighted by molar-refractivity contribution is 0.128. The Bertz CT molecular complexity index is 549. The Balaban J connectivity index is 1.75. The van der Waals surface area contributed by atoms with Crippen molar-refractivity contribution in [3.8, 4) is 17.0 Å². The second-order valence-corrected chi connectivity index (χ2v) is 5.70. The Morgan fingerprint density at radius 3 is 2.35 bits per heavy atom. The fourth-order valence-electron chi connectivity index (χ4n) is 2.44. The van der Waals surface area contributed by atoms with E-state index in [1.165, 1.54) is 24.8 Å². The van der Waals surface area contributed by atoms with Gasteiger partial charge in [0.25, 0.3) is 0 Å². The Hall–Kier alpha value is -1.87. The number of hydrogen-bond donors (Lipinski definition) is 0. The van der Waals surface area contributed by atoms with E-state index in [4.69, 9.17) is 9.47 Å². The van der Waals surface area contributed by atoms with E-state index in [-0.39, 0.29) is 0 Å². The van der Waals surface area contributed by atoms with Gasteiger partial charge in [-0.2, -0.15) is 0 Å². The average Bonchev–Trinajstić information content (AvgIpc) is 2.61. The standard InChI is InChI=1S/C20H27NO2/c1-3-4-5-14-23-15-6-7-17-8-13-20(21-16-17)18-9-11-19(22-2)12-10-18/h8-13,16H,3-7,14-15H2,1-2H3. The Kier molecular flexibility index (Phi) is 7.61. The van der Waals surface area contributed by atoms with Gasteiger partial charge in [-0.05, 0) is 55.2 Å². The van der Waals surface area contributed by atoms with Gasteiger partial charge in [0.05, 0.1) is 12.8 Å². The summed E-state index contributed by atoms with van der Waals surface area (Å²) < 4.78 is 10.8. The molecule has 0 aliphatic rings. The number of benzene rings is 1. The summed E-state index contributed by atoms with van der Waals surface area (Å²) >= 11 is 0. The van der Waals surface area contributed by atoms with Crippen LogP contribution in [0.25, 0.3) is 11.3 Å². The van der Waals surface area contributed by atoms with E-state index < -0.39 is 0 Å². The highest BCUT2D eigenvalue weighted by Crippen LogP contribution is 2.20. The van der Waals surface area contributed by atoms with Crippen LogP contribution in [0.15, 0.2) is 42.6 Å². The molecule has 0 unspecified atom stereocenters. The molecule has 23 heavy (non-hydrogen) atoms. The molecule has 1 aromatic heterocycles. The Labute approximate surface area is 139 Å². The minimum atomic E-state index is 0.837. The van der Waals surface area contributed by atoms with Crippen LogP contribution in [0.1, 0.15) is 38.2 Å². The van der Waals surface area contributed by atoms with Crippen LogP contribution in [-0.4, -0.2) is 25.3 Å². The molecular weight excluding hydrogens is 286 g/mol. The highest BCUT2D eigenvalue weighted by molar-refractivity contribution is 5.60. The van der Waals surface area contributed by atoms with Gasteiger partial charge in [-0.3, -0.25) is 4.98 Å². The number of unbranched alkanes of at least 4 members (excludes halogenated alkanes) is 2. The molecule has 0 amide bonds. The SMILES string of the molecule is CCCCCOCCCc1ccc(-c2ccc(OC)cc2)nc1. The first kappa shape index (κ1) is 17.5. The molecule has 0 aliphatic carbocycles. The third kappa shape index (κ3) is 6.03. The van der Waals surface area contributed by atoms with Gasteiger partial charge in [0, 0.05) is 25.0 Å². The van der Waals surface area contributed by atoms with Gasteiger partial charge >= 0.3 is 0 Å². The van der Waals surface area contributed by atoms with Crippen molar-refractivity contribution >= 4 is 0 Å². The van der Waals surface area contributed by atoms with E-state index in [1.54, 1.807) is 7.11 Å². The number of rotatable bonds is 10. The van der Waals surface area contributed by atoms with E-state index in [1.807, 2.05) is 30.5 Å². The van der Waals surface area contributed by atoms with Crippen molar-refractivity contribution in [2.75, 3.05) is 20.3 Å². The molecule has 0 bridgehead atoms. The molecule has 3 heteroatoms. The second-order valence-electron chi connectivity index (χ2n) is 5.70. The van der Waals surface area contributed by atoms with Crippen molar-refractivity contribution in [2.45, 2.75) is 39.0 Å². The van der Waals surface area contributed by atoms with Gasteiger partial charge in [-0.25, -0.2) is 0 Å². The zero-order chi connectivity index (χ0) is 16.3. The van der Waals surface area contributed by atoms with Crippen LogP contribution < -0.4 is 4.74 Å². The predicted octanol–water partition coefficient (Wildman–Crippen LogP) is 4.90. The third-order valence-electron chi connectivity index (χ3n) is 3.86. The summed E-state index contributed by atoms with van der Waals surface area (Å²) in [6, 6.07) is 12.2. The van der Waals surface area contributed by atoms with Gasteiger partial charge < -0.3 is 9.47 Å². The van der Waals surface area contributed by atoms with Crippen LogP contribution in [0.2, 0.25) is 0 Å². The van der Waals surface area contributed by atoms with Gasteiger partial charge in [0.2, 0.25) is 0 Å². The summed E-state index contributed by atoms with van der Waals surface area (Å²) in [6.45, 7) is 3.94. The minimum absolute atomic E-state index is 0.837. The molecule has 0 saturated heterocycles. The lowest BCUT2D eigenvalue weighted by Crippen LogP contribution is -1.99. The van der Waals surface area contributed by atoms with Crippen LogP contribution in [0, 0.1) is 0 Å². The molecule has 1 aromatic carbocycles. The summed E-state index contributed by atoms with van der Waals surface area (Å²) in [6.07, 6.45) is 7.72. The van der Waals surface area contributed by atoms with Gasteiger partial charge in [-0.1, -0.05) is 25.8 Å². The van der Waals surface area contributed by atoms with Crippen molar-refractivity contribution in [3.63, 3.8) is 0 Å². The summed E-state index contributed by atoms with van der Waals surface area (Å²) in [7, 11) is 1.68. The molecule has 0 aliphatic heterocycles. The number of pyridine rings is 1. The van der Waals surface area contributed by atoms with Crippen molar-refractivity contribution < 1.29 is 9.47 Å². The molecule has 0 atom stereocenters. The lowest BCUT2D eigenvalue weighted by atomic mass is 10.1. The van der Waals surface area contributed by atoms with Gasteiger partial charge in [-0.15, -0.1) is 0 Å². The van der Waals surface area contributed by atoms with E-state index in [9.17, 15) is 0 Å². The maximum atomic E-state index is 5.64. The maximum absolute atomic E-state index is 5.64. The van der Waals surface area contributed by atoms with Crippen LogP contribution >= 0.6 is 0 Å². The molecule has 124 valence electrons. The average molecular weight is 313 g/mol. The number of aromatic nitrogens is 1. The fourth-order valence-corrected chi connectivity index (χ4v) is 2.44. The summed E-state index contributed by atoms with van der Waals surface area (Å²) in [5.41, 5.74) is 3.36. The molecule has 2 rings (SSSR count). The molecule has 2 aromatic rings. The van der Waals surface area contributed by atoms with E-state index >= 15 is 0 Å². The van der Waals surface area contributed by atoms with Crippen molar-refractivity contribution in [1.29, 1.82) is 0 Å². The van der Waals surface area contributed by atoms with E-state index in [0.717, 1.165) is 43.1 Å². The first-order valence-electron chi connectivity index (χ1n) is 8.50. The van der Waals surface area contributed by atoms with Gasteiger partial charge in [0.1, 0.15) is 5.75 Å². The van der Waals surface area contributed by atoms with Crippen LogP contribution in [0.5, 0.6) is 5.75 Å². The molecule has 0 spiro atoms. The minimum Gasteiger partial charge on any atom is -0.497 e. The molecular formula is C20H27NO2. The summed E-state index contributed by atoms with van der Waals surface area (Å²) in [5, 5.41) is 0. The largest absolute Gasteiger partial charge is 0.497 e. The lowest BCUT2D eigenvalue weighted by Gasteiger charge is -2.06. The van der Waals surface area contributed by atoms with Crippen LogP contribution in [0.4, 0.5) is 0 Å². The summed E-state index contributed by atoms with van der Waals surface area (Å²) in [5.74, 6) is 0.865. The van der Waals surface area contributed by atoms with Crippen molar-refractivity contribution in [1.82, 2.24) is 4.98 Å². The smallest absolute Gasteiger partial charge is 0.118 e. The number of ether oxygens (including phenoxy) is 2. The molecule has 0 radical (unpaired) electrons.